The molecule has 1 aliphatic heterocycles. The fraction of sp³-hybridized carbons (Fsp3) is 0.529. The Morgan fingerprint density at radius 2 is 2.14 bits per heavy atom. The average molecular weight is 286 g/mol. The molecule has 1 aliphatic carbocycles. The molecule has 0 radical (unpaired) electrons. The summed E-state index contributed by atoms with van der Waals surface area (Å²) in [5, 5.41) is 1.16. The SMILES string of the molecule is NCc1c(CN2CCOC3CCCC32)oc2ccccc12. The largest absolute Gasteiger partial charge is 0.459 e. The van der Waals surface area contributed by atoms with E-state index in [4.69, 9.17) is 14.9 Å². The Balaban J connectivity index is 1.64. The third kappa shape index (κ3) is 2.27. The lowest BCUT2D eigenvalue weighted by Gasteiger charge is -2.37. The highest BCUT2D eigenvalue weighted by molar-refractivity contribution is 5.82. The second kappa shape index (κ2) is 5.44. The zero-order valence-corrected chi connectivity index (χ0v) is 12.3. The number of furan rings is 1. The lowest BCUT2D eigenvalue weighted by molar-refractivity contribution is -0.0606. The van der Waals surface area contributed by atoms with E-state index < -0.39 is 0 Å². The van der Waals surface area contributed by atoms with Crippen molar-refractivity contribution in [2.24, 2.45) is 5.73 Å². The Morgan fingerprint density at radius 3 is 3.05 bits per heavy atom. The Labute approximate surface area is 124 Å². The number of morpholine rings is 1. The van der Waals surface area contributed by atoms with Gasteiger partial charge in [0.05, 0.1) is 19.3 Å². The third-order valence-corrected chi connectivity index (χ3v) is 4.93. The van der Waals surface area contributed by atoms with E-state index in [0.29, 0.717) is 18.7 Å². The van der Waals surface area contributed by atoms with Crippen LogP contribution in [0.5, 0.6) is 0 Å². The zero-order valence-electron chi connectivity index (χ0n) is 12.3. The number of fused-ring (bicyclic) bond motifs is 2. The van der Waals surface area contributed by atoms with Gasteiger partial charge < -0.3 is 14.9 Å². The van der Waals surface area contributed by atoms with E-state index in [2.05, 4.69) is 11.0 Å². The van der Waals surface area contributed by atoms with Crippen molar-refractivity contribution in [3.8, 4) is 0 Å². The molecule has 4 nitrogen and oxygen atoms in total. The number of para-hydroxylation sites is 1. The summed E-state index contributed by atoms with van der Waals surface area (Å²) in [4.78, 5) is 2.53. The summed E-state index contributed by atoms with van der Waals surface area (Å²) in [7, 11) is 0. The van der Waals surface area contributed by atoms with Crippen LogP contribution >= 0.6 is 0 Å². The molecule has 0 bridgehead atoms. The van der Waals surface area contributed by atoms with Crippen LogP contribution in [0.1, 0.15) is 30.6 Å². The predicted octanol–water partition coefficient (Wildman–Crippen LogP) is 2.64. The molecule has 2 unspecified atom stereocenters. The van der Waals surface area contributed by atoms with Crippen LogP contribution in [0.15, 0.2) is 28.7 Å². The summed E-state index contributed by atoms with van der Waals surface area (Å²) in [5.41, 5.74) is 8.08. The van der Waals surface area contributed by atoms with Crippen LogP contribution in [0, 0.1) is 0 Å². The van der Waals surface area contributed by atoms with Crippen LogP contribution in [-0.2, 0) is 17.8 Å². The number of nitrogens with zero attached hydrogens (tertiary/aromatic N) is 1. The summed E-state index contributed by atoms with van der Waals surface area (Å²) in [6.07, 6.45) is 4.13. The lowest BCUT2D eigenvalue weighted by Crippen LogP contribution is -2.47. The van der Waals surface area contributed by atoms with Crippen molar-refractivity contribution in [1.29, 1.82) is 0 Å². The minimum absolute atomic E-state index is 0.421. The number of rotatable bonds is 3. The first-order valence-electron chi connectivity index (χ1n) is 7.92. The van der Waals surface area contributed by atoms with Crippen molar-refractivity contribution in [3.05, 3.63) is 35.6 Å². The Hall–Kier alpha value is -1.36. The van der Waals surface area contributed by atoms with Gasteiger partial charge in [0.2, 0.25) is 0 Å². The minimum atomic E-state index is 0.421. The number of benzene rings is 1. The predicted molar refractivity (Wildman–Crippen MR) is 81.9 cm³/mol. The summed E-state index contributed by atoms with van der Waals surface area (Å²) < 4.78 is 12.0. The highest BCUT2D eigenvalue weighted by Gasteiger charge is 2.36. The number of nitrogens with two attached hydrogens (primary N) is 1. The fourth-order valence-electron chi connectivity index (χ4n) is 3.89. The van der Waals surface area contributed by atoms with E-state index in [0.717, 1.165) is 42.0 Å². The minimum Gasteiger partial charge on any atom is -0.459 e. The van der Waals surface area contributed by atoms with Gasteiger partial charge in [0, 0.05) is 30.1 Å². The summed E-state index contributed by atoms with van der Waals surface area (Å²) in [6, 6.07) is 8.73. The van der Waals surface area contributed by atoms with E-state index >= 15 is 0 Å². The number of hydrogen-bond donors (Lipinski definition) is 1. The Morgan fingerprint density at radius 1 is 1.24 bits per heavy atom. The molecule has 2 aliphatic rings. The molecule has 21 heavy (non-hydrogen) atoms. The van der Waals surface area contributed by atoms with Gasteiger partial charge >= 0.3 is 0 Å². The zero-order chi connectivity index (χ0) is 14.2. The van der Waals surface area contributed by atoms with E-state index in [-0.39, 0.29) is 0 Å². The van der Waals surface area contributed by atoms with Crippen LogP contribution in [0.2, 0.25) is 0 Å². The van der Waals surface area contributed by atoms with E-state index in [1.807, 2.05) is 18.2 Å². The molecule has 2 fully saturated rings. The fourth-order valence-corrected chi connectivity index (χ4v) is 3.89. The molecule has 2 heterocycles. The molecule has 112 valence electrons. The van der Waals surface area contributed by atoms with Crippen molar-refractivity contribution >= 4 is 11.0 Å². The van der Waals surface area contributed by atoms with Gasteiger partial charge in [0.25, 0.3) is 0 Å². The molecule has 0 spiro atoms. The maximum absolute atomic E-state index is 6.08. The second-order valence-corrected chi connectivity index (χ2v) is 6.08. The molecule has 1 aromatic carbocycles. The van der Waals surface area contributed by atoms with E-state index in [1.54, 1.807) is 0 Å². The van der Waals surface area contributed by atoms with Crippen LogP contribution in [-0.4, -0.2) is 30.2 Å². The summed E-state index contributed by atoms with van der Waals surface area (Å²) in [5.74, 6) is 1.03. The Kier molecular flexibility index (Phi) is 3.45. The first-order chi connectivity index (χ1) is 10.4. The van der Waals surface area contributed by atoms with Gasteiger partial charge in [0.1, 0.15) is 11.3 Å². The first-order valence-corrected chi connectivity index (χ1v) is 7.92. The summed E-state index contributed by atoms with van der Waals surface area (Å²) >= 11 is 0. The smallest absolute Gasteiger partial charge is 0.134 e. The topological polar surface area (TPSA) is 51.6 Å². The molecule has 2 N–H and O–H groups in total. The number of hydrogen-bond acceptors (Lipinski definition) is 4. The lowest BCUT2D eigenvalue weighted by atomic mass is 10.1. The molecule has 4 heteroatoms. The third-order valence-electron chi connectivity index (χ3n) is 4.93. The van der Waals surface area contributed by atoms with E-state index in [9.17, 15) is 0 Å². The maximum Gasteiger partial charge on any atom is 0.134 e. The van der Waals surface area contributed by atoms with Crippen molar-refractivity contribution in [1.82, 2.24) is 4.90 Å². The van der Waals surface area contributed by atoms with Crippen LogP contribution in [0.3, 0.4) is 0 Å². The highest BCUT2D eigenvalue weighted by Crippen LogP contribution is 2.33. The number of ether oxygens (including phenoxy) is 1. The molecule has 1 aromatic heterocycles. The van der Waals surface area contributed by atoms with Gasteiger partial charge in [-0.05, 0) is 25.3 Å². The molecule has 1 saturated carbocycles. The van der Waals surface area contributed by atoms with Gasteiger partial charge in [-0.25, -0.2) is 0 Å². The quantitative estimate of drug-likeness (QED) is 0.942. The van der Waals surface area contributed by atoms with Gasteiger partial charge in [-0.1, -0.05) is 18.2 Å². The monoisotopic (exact) mass is 286 g/mol. The van der Waals surface area contributed by atoms with Crippen LogP contribution in [0.25, 0.3) is 11.0 Å². The van der Waals surface area contributed by atoms with Gasteiger partial charge in [-0.15, -0.1) is 0 Å². The Bertz CT molecular complexity index is 637. The van der Waals surface area contributed by atoms with Crippen molar-refractivity contribution < 1.29 is 9.15 Å². The molecule has 2 aromatic rings. The van der Waals surface area contributed by atoms with Crippen molar-refractivity contribution in [2.45, 2.75) is 44.5 Å². The van der Waals surface area contributed by atoms with Gasteiger partial charge in [0.15, 0.2) is 0 Å². The molecule has 4 rings (SSSR count). The van der Waals surface area contributed by atoms with Crippen molar-refractivity contribution in [3.63, 3.8) is 0 Å². The maximum atomic E-state index is 6.08. The molecular weight excluding hydrogens is 264 g/mol. The van der Waals surface area contributed by atoms with Crippen molar-refractivity contribution in [2.75, 3.05) is 13.2 Å². The van der Waals surface area contributed by atoms with Gasteiger partial charge in [-0.2, -0.15) is 0 Å². The van der Waals surface area contributed by atoms with Crippen LogP contribution < -0.4 is 5.73 Å². The molecule has 2 atom stereocenters. The normalized spacial score (nSPS) is 26.3. The molecular formula is C17H22N2O2. The first kappa shape index (κ1) is 13.3. The standard InChI is InChI=1S/C17H22N2O2/c18-10-13-12-4-1-2-6-15(12)21-17(13)11-19-8-9-20-16-7-3-5-14(16)19/h1-2,4,6,14,16H,3,5,7-11,18H2. The average Bonchev–Trinajstić information content (AvgIpc) is 3.11. The van der Waals surface area contributed by atoms with Crippen LogP contribution in [0.4, 0.5) is 0 Å². The van der Waals surface area contributed by atoms with Gasteiger partial charge in [-0.3, -0.25) is 4.90 Å². The summed E-state index contributed by atoms with van der Waals surface area (Å²) in [6.45, 7) is 3.21. The molecule has 1 saturated heterocycles. The second-order valence-electron chi connectivity index (χ2n) is 6.08. The molecule has 0 amide bonds. The highest BCUT2D eigenvalue weighted by atomic mass is 16.5. The van der Waals surface area contributed by atoms with E-state index in [1.165, 1.54) is 19.3 Å².